The van der Waals surface area contributed by atoms with Gasteiger partial charge in [-0.3, -0.25) is 14.2 Å². The Labute approximate surface area is 216 Å². The molecule has 2 N–H and O–H groups in total. The number of fused-ring (bicyclic) bond motifs is 1. The summed E-state index contributed by atoms with van der Waals surface area (Å²) in [5, 5.41) is 22.9. The molecule has 4 heterocycles. The van der Waals surface area contributed by atoms with Crippen LogP contribution < -0.4 is 5.56 Å². The van der Waals surface area contributed by atoms with Gasteiger partial charge < -0.3 is 20.0 Å². The lowest BCUT2D eigenvalue weighted by molar-refractivity contribution is -0.142. The van der Waals surface area contributed by atoms with Crippen molar-refractivity contribution in [2.45, 2.75) is 37.3 Å². The number of piperidine rings is 2. The monoisotopic (exact) mass is 530 g/mol. The quantitative estimate of drug-likeness (QED) is 0.535. The molecule has 0 unspecified atom stereocenters. The van der Waals surface area contributed by atoms with Crippen molar-refractivity contribution in [3.63, 3.8) is 0 Å². The van der Waals surface area contributed by atoms with Gasteiger partial charge in [0.05, 0.1) is 23.9 Å². The smallest absolute Gasteiger partial charge is 0.407 e. The predicted octanol–water partition coefficient (Wildman–Crippen LogP) is 3.25. The number of halogens is 1. The summed E-state index contributed by atoms with van der Waals surface area (Å²) in [7, 11) is 0. The van der Waals surface area contributed by atoms with Crippen LogP contribution in [-0.4, -0.2) is 73.3 Å². The Bertz CT molecular complexity index is 1340. The first-order valence-electron chi connectivity index (χ1n) is 11.9. The Balaban J connectivity index is 1.28. The van der Waals surface area contributed by atoms with E-state index < -0.39 is 11.7 Å². The van der Waals surface area contributed by atoms with Crippen LogP contribution in [0.5, 0.6) is 0 Å². The Morgan fingerprint density at radius 3 is 2.56 bits per heavy atom. The highest BCUT2D eigenvalue weighted by Gasteiger charge is 2.41. The maximum atomic E-state index is 13.6. The number of aromatic nitrogens is 2. The van der Waals surface area contributed by atoms with Crippen LogP contribution in [0.25, 0.3) is 10.9 Å². The number of nitrogens with zero attached hydrogens (tertiary/aromatic N) is 4. The fourth-order valence-electron chi connectivity index (χ4n) is 5.36. The Hall–Kier alpha value is -2.95. The molecule has 2 saturated heterocycles. The highest BCUT2D eigenvalue weighted by molar-refractivity contribution is 7.16. The number of carbonyl (C=O) groups is 2. The van der Waals surface area contributed by atoms with Gasteiger partial charge in [-0.1, -0.05) is 41.9 Å². The minimum Gasteiger partial charge on any atom is -0.465 e. The summed E-state index contributed by atoms with van der Waals surface area (Å²) in [6.45, 7) is 1.42. The molecule has 0 aliphatic carbocycles. The summed E-state index contributed by atoms with van der Waals surface area (Å²) in [5.74, 6) is -0.561. The molecule has 36 heavy (non-hydrogen) atoms. The summed E-state index contributed by atoms with van der Waals surface area (Å²) in [5.41, 5.74) is 0.0377. The van der Waals surface area contributed by atoms with E-state index in [2.05, 4.69) is 4.98 Å². The molecule has 3 aromatic rings. The average molecular weight is 531 g/mol. The maximum absolute atomic E-state index is 13.6. The number of carbonyl (C=O) groups excluding carboxylic acids is 1. The van der Waals surface area contributed by atoms with Crippen LogP contribution >= 0.6 is 22.9 Å². The van der Waals surface area contributed by atoms with Gasteiger partial charge in [-0.05, 0) is 24.8 Å². The summed E-state index contributed by atoms with van der Waals surface area (Å²) in [6.07, 6.45) is 1.56. The second-order valence-electron chi connectivity index (χ2n) is 9.64. The molecule has 9 nitrogen and oxygen atoms in total. The molecule has 2 amide bonds. The molecule has 0 saturated carbocycles. The van der Waals surface area contributed by atoms with Gasteiger partial charge in [0.1, 0.15) is 9.85 Å². The lowest BCUT2D eigenvalue weighted by Gasteiger charge is -2.42. The van der Waals surface area contributed by atoms with Crippen molar-refractivity contribution < 1.29 is 19.8 Å². The van der Waals surface area contributed by atoms with Gasteiger partial charge >= 0.3 is 6.09 Å². The van der Waals surface area contributed by atoms with E-state index in [1.165, 1.54) is 27.1 Å². The molecule has 0 bridgehead atoms. The normalized spacial score (nSPS) is 22.1. The first kappa shape index (κ1) is 24.7. The van der Waals surface area contributed by atoms with E-state index in [4.69, 9.17) is 11.6 Å². The standard InChI is InChI=1S/C25H27ClN4O5S/c26-21-20-19(13-36-21)23(32)30(15-27-20)14-25(35)7-10-28(11-8-25)22(31)17-6-9-29(24(33)34)12-18(17)16-4-2-1-3-5-16/h1-5,13,15,17-18,35H,6-12,14H2,(H,33,34)/t17-,18+/m1/s1. The van der Waals surface area contributed by atoms with Crippen molar-refractivity contribution in [1.82, 2.24) is 19.4 Å². The minimum absolute atomic E-state index is 0.0101. The molecule has 0 spiro atoms. The minimum atomic E-state index is -1.14. The first-order valence-corrected chi connectivity index (χ1v) is 13.2. The van der Waals surface area contributed by atoms with Crippen LogP contribution in [-0.2, 0) is 11.3 Å². The van der Waals surface area contributed by atoms with Gasteiger partial charge in [-0.15, -0.1) is 11.3 Å². The fraction of sp³-hybridized carbons (Fsp3) is 0.440. The Morgan fingerprint density at radius 1 is 1.14 bits per heavy atom. The zero-order valence-electron chi connectivity index (χ0n) is 19.5. The summed E-state index contributed by atoms with van der Waals surface area (Å²) >= 11 is 7.34. The topological polar surface area (TPSA) is 116 Å². The SMILES string of the molecule is O=C(O)N1CC[C@@H](C(=O)N2CCC(O)(Cn3cnc4c(Cl)scc4c3=O)CC2)[C@H](c2ccccc2)C1. The largest absolute Gasteiger partial charge is 0.465 e. The third kappa shape index (κ3) is 4.72. The van der Waals surface area contributed by atoms with Gasteiger partial charge in [0.15, 0.2) is 0 Å². The molecule has 2 aliphatic heterocycles. The molecular weight excluding hydrogens is 504 g/mol. The van der Waals surface area contributed by atoms with Crippen molar-refractivity contribution in [2.24, 2.45) is 5.92 Å². The number of hydrogen-bond acceptors (Lipinski definition) is 6. The number of carboxylic acid groups (broad SMARTS) is 1. The maximum Gasteiger partial charge on any atom is 0.407 e. The van der Waals surface area contributed by atoms with E-state index in [9.17, 15) is 24.6 Å². The van der Waals surface area contributed by atoms with E-state index in [-0.39, 0.29) is 36.4 Å². The van der Waals surface area contributed by atoms with E-state index in [1.807, 2.05) is 30.3 Å². The lowest BCUT2D eigenvalue weighted by Crippen LogP contribution is -2.53. The molecule has 5 rings (SSSR count). The van der Waals surface area contributed by atoms with Crippen LogP contribution in [0.1, 0.15) is 30.7 Å². The van der Waals surface area contributed by atoms with Crippen LogP contribution in [0.3, 0.4) is 0 Å². The number of hydrogen-bond donors (Lipinski definition) is 2. The number of likely N-dealkylation sites (tertiary alicyclic amines) is 2. The number of benzene rings is 1. The highest BCUT2D eigenvalue weighted by Crippen LogP contribution is 2.35. The zero-order chi connectivity index (χ0) is 25.4. The predicted molar refractivity (Wildman–Crippen MR) is 137 cm³/mol. The van der Waals surface area contributed by atoms with Gasteiger partial charge in [-0.2, -0.15) is 0 Å². The Kier molecular flexibility index (Phi) is 6.76. The van der Waals surface area contributed by atoms with Crippen molar-refractivity contribution in [3.8, 4) is 0 Å². The average Bonchev–Trinajstić information content (AvgIpc) is 3.27. The number of amides is 2. The number of thiophene rings is 1. The van der Waals surface area contributed by atoms with E-state index >= 15 is 0 Å². The van der Waals surface area contributed by atoms with Crippen LogP contribution in [0.2, 0.25) is 4.34 Å². The van der Waals surface area contributed by atoms with Gasteiger partial charge in [-0.25, -0.2) is 9.78 Å². The molecule has 2 aliphatic rings. The van der Waals surface area contributed by atoms with Gasteiger partial charge in [0, 0.05) is 43.4 Å². The molecule has 0 radical (unpaired) electrons. The van der Waals surface area contributed by atoms with Crippen molar-refractivity contribution in [3.05, 3.63) is 62.3 Å². The van der Waals surface area contributed by atoms with E-state index in [0.717, 1.165) is 5.56 Å². The molecule has 11 heteroatoms. The van der Waals surface area contributed by atoms with Gasteiger partial charge in [0.25, 0.3) is 5.56 Å². The first-order chi connectivity index (χ1) is 17.3. The second kappa shape index (κ2) is 9.84. The second-order valence-corrected chi connectivity index (χ2v) is 11.1. The number of aliphatic hydroxyl groups is 1. The fourth-order valence-corrected chi connectivity index (χ4v) is 6.35. The molecular formula is C25H27ClN4O5S. The summed E-state index contributed by atoms with van der Waals surface area (Å²) < 4.78 is 1.87. The molecule has 2 aromatic heterocycles. The van der Waals surface area contributed by atoms with Crippen LogP contribution in [0, 0.1) is 5.92 Å². The van der Waals surface area contributed by atoms with Crippen molar-refractivity contribution >= 4 is 45.8 Å². The molecule has 1 aromatic carbocycles. The summed E-state index contributed by atoms with van der Waals surface area (Å²) in [4.78, 5) is 45.4. The third-order valence-electron chi connectivity index (χ3n) is 7.44. The number of rotatable bonds is 4. The third-order valence-corrected chi connectivity index (χ3v) is 8.64. The van der Waals surface area contributed by atoms with Gasteiger partial charge in [0.2, 0.25) is 5.91 Å². The Morgan fingerprint density at radius 2 is 1.86 bits per heavy atom. The summed E-state index contributed by atoms with van der Waals surface area (Å²) in [6, 6.07) is 9.57. The van der Waals surface area contributed by atoms with Crippen LogP contribution in [0.4, 0.5) is 4.79 Å². The molecule has 2 atom stereocenters. The van der Waals surface area contributed by atoms with Crippen molar-refractivity contribution in [1.29, 1.82) is 0 Å². The van der Waals surface area contributed by atoms with Crippen LogP contribution in [0.15, 0.2) is 46.8 Å². The molecule has 190 valence electrons. The lowest BCUT2D eigenvalue weighted by atomic mass is 9.79. The van der Waals surface area contributed by atoms with E-state index in [0.29, 0.717) is 54.1 Å². The molecule has 2 fully saturated rings. The zero-order valence-corrected chi connectivity index (χ0v) is 21.1. The van der Waals surface area contributed by atoms with Crippen molar-refractivity contribution in [2.75, 3.05) is 26.2 Å². The van der Waals surface area contributed by atoms with E-state index in [1.54, 1.807) is 10.3 Å². The highest BCUT2D eigenvalue weighted by atomic mass is 35.5.